The molecule has 1 N–H and O–H groups in total. The largest absolute Gasteiger partial charge is 0.382 e. The Bertz CT molecular complexity index is 957. The zero-order valence-electron chi connectivity index (χ0n) is 16.7. The molecule has 30 heavy (non-hydrogen) atoms. The quantitative estimate of drug-likeness (QED) is 0.747. The fraction of sp³-hybridized carbons (Fsp3) is 0.429. The highest BCUT2D eigenvalue weighted by molar-refractivity contribution is 7.18. The first kappa shape index (κ1) is 21.1. The number of morpholine rings is 1. The Hall–Kier alpha value is -2.16. The van der Waals surface area contributed by atoms with Gasteiger partial charge in [-0.05, 0) is 43.7 Å². The number of oxime groups is 1. The monoisotopic (exact) mass is 451 g/mol. The number of thiophene rings is 1. The molecule has 0 radical (unpaired) electrons. The minimum atomic E-state index is -0.693. The Morgan fingerprint density at radius 1 is 1.30 bits per heavy atom. The number of rotatable bonds is 5. The van der Waals surface area contributed by atoms with Gasteiger partial charge in [-0.2, -0.15) is 0 Å². The number of halogens is 2. The number of carbonyl (C=O) groups is 1. The summed E-state index contributed by atoms with van der Waals surface area (Å²) >= 11 is 7.34. The number of anilines is 1. The summed E-state index contributed by atoms with van der Waals surface area (Å²) in [7, 11) is 0. The molecule has 0 bridgehead atoms. The summed E-state index contributed by atoms with van der Waals surface area (Å²) in [5.41, 5.74) is 1.94. The van der Waals surface area contributed by atoms with E-state index in [1.165, 1.54) is 17.4 Å². The first-order valence-corrected chi connectivity index (χ1v) is 11.0. The van der Waals surface area contributed by atoms with E-state index >= 15 is 0 Å². The van der Waals surface area contributed by atoms with Crippen molar-refractivity contribution in [3.05, 3.63) is 50.9 Å². The van der Waals surface area contributed by atoms with Gasteiger partial charge in [-0.3, -0.25) is 4.79 Å². The number of amides is 1. The molecule has 1 aromatic carbocycles. The first-order valence-electron chi connectivity index (χ1n) is 9.84. The van der Waals surface area contributed by atoms with E-state index in [1.54, 1.807) is 12.1 Å². The van der Waals surface area contributed by atoms with E-state index in [2.05, 4.69) is 10.5 Å². The highest BCUT2D eigenvalue weighted by atomic mass is 35.5. The van der Waals surface area contributed by atoms with Gasteiger partial charge < -0.3 is 19.8 Å². The zero-order valence-corrected chi connectivity index (χ0v) is 18.3. The normalized spacial score (nSPS) is 23.8. The van der Waals surface area contributed by atoms with Gasteiger partial charge in [0.05, 0.1) is 27.1 Å². The Balaban J connectivity index is 1.32. The van der Waals surface area contributed by atoms with Gasteiger partial charge in [-0.15, -0.1) is 11.3 Å². The van der Waals surface area contributed by atoms with Crippen LogP contribution in [0.15, 0.2) is 35.5 Å². The second-order valence-electron chi connectivity index (χ2n) is 7.61. The molecular weight excluding hydrogens is 429 g/mol. The number of nitrogens with one attached hydrogen (secondary N) is 1. The molecule has 0 spiro atoms. The lowest BCUT2D eigenvalue weighted by Crippen LogP contribution is -2.45. The van der Waals surface area contributed by atoms with Gasteiger partial charge in [-0.1, -0.05) is 22.8 Å². The lowest BCUT2D eigenvalue weighted by atomic mass is 10.1. The van der Waals surface area contributed by atoms with Gasteiger partial charge in [0, 0.05) is 26.1 Å². The van der Waals surface area contributed by atoms with E-state index in [0.717, 1.165) is 4.88 Å². The van der Waals surface area contributed by atoms with Gasteiger partial charge in [0.2, 0.25) is 6.10 Å². The van der Waals surface area contributed by atoms with Crippen LogP contribution in [0.2, 0.25) is 4.34 Å². The number of benzene rings is 1. The van der Waals surface area contributed by atoms with Crippen molar-refractivity contribution in [2.24, 2.45) is 5.16 Å². The molecule has 2 aliphatic heterocycles. The minimum Gasteiger partial charge on any atom is -0.382 e. The molecule has 9 heteroatoms. The van der Waals surface area contributed by atoms with Crippen LogP contribution in [0.5, 0.6) is 0 Å². The molecule has 160 valence electrons. The molecule has 4 rings (SSSR count). The molecule has 3 heterocycles. The minimum absolute atomic E-state index is 0.0517. The molecule has 1 aromatic heterocycles. The van der Waals surface area contributed by atoms with Crippen LogP contribution in [-0.2, 0) is 20.9 Å². The van der Waals surface area contributed by atoms with Crippen molar-refractivity contribution in [1.82, 2.24) is 5.32 Å². The molecule has 1 saturated heterocycles. The van der Waals surface area contributed by atoms with Crippen LogP contribution in [0.4, 0.5) is 10.1 Å². The van der Waals surface area contributed by atoms with Crippen molar-refractivity contribution in [3.8, 4) is 0 Å². The fourth-order valence-electron chi connectivity index (χ4n) is 3.73. The van der Waals surface area contributed by atoms with Crippen LogP contribution in [0.1, 0.15) is 30.7 Å². The van der Waals surface area contributed by atoms with Gasteiger partial charge in [0.1, 0.15) is 11.5 Å². The van der Waals surface area contributed by atoms with Crippen molar-refractivity contribution >= 4 is 40.2 Å². The molecule has 3 unspecified atom stereocenters. The summed E-state index contributed by atoms with van der Waals surface area (Å²) in [6.07, 6.45) is -0.211. The molecule has 2 aromatic rings. The van der Waals surface area contributed by atoms with Gasteiger partial charge in [0.25, 0.3) is 5.91 Å². The van der Waals surface area contributed by atoms with Gasteiger partial charge >= 0.3 is 0 Å². The predicted molar refractivity (Wildman–Crippen MR) is 116 cm³/mol. The van der Waals surface area contributed by atoms with Gasteiger partial charge in [-0.25, -0.2) is 4.39 Å². The van der Waals surface area contributed by atoms with Crippen molar-refractivity contribution in [2.75, 3.05) is 18.0 Å². The summed E-state index contributed by atoms with van der Waals surface area (Å²) in [6, 6.07) is 8.69. The maximum atomic E-state index is 14.7. The van der Waals surface area contributed by atoms with Crippen LogP contribution < -0.4 is 10.2 Å². The second-order valence-corrected chi connectivity index (χ2v) is 9.32. The van der Waals surface area contributed by atoms with Crippen molar-refractivity contribution in [3.63, 3.8) is 0 Å². The summed E-state index contributed by atoms with van der Waals surface area (Å²) in [6.45, 7) is 5.48. The lowest BCUT2D eigenvalue weighted by Gasteiger charge is -2.37. The van der Waals surface area contributed by atoms with E-state index < -0.39 is 6.10 Å². The first-order chi connectivity index (χ1) is 14.4. The predicted octanol–water partition coefficient (Wildman–Crippen LogP) is 3.96. The van der Waals surface area contributed by atoms with Crippen LogP contribution >= 0.6 is 22.9 Å². The average molecular weight is 452 g/mol. The Morgan fingerprint density at radius 2 is 2.07 bits per heavy atom. The van der Waals surface area contributed by atoms with Crippen LogP contribution in [0.3, 0.4) is 0 Å². The highest BCUT2D eigenvalue weighted by Crippen LogP contribution is 2.27. The third-order valence-corrected chi connectivity index (χ3v) is 6.34. The van der Waals surface area contributed by atoms with E-state index in [9.17, 15) is 9.18 Å². The third kappa shape index (κ3) is 4.77. The summed E-state index contributed by atoms with van der Waals surface area (Å²) < 4.78 is 21.1. The summed E-state index contributed by atoms with van der Waals surface area (Å²) in [4.78, 5) is 20.6. The average Bonchev–Trinajstić information content (AvgIpc) is 3.34. The maximum Gasteiger partial charge on any atom is 0.264 e. The number of carbonyl (C=O) groups excluding carboxylic acids is 1. The van der Waals surface area contributed by atoms with Crippen molar-refractivity contribution in [2.45, 2.75) is 45.1 Å². The zero-order chi connectivity index (χ0) is 21.3. The lowest BCUT2D eigenvalue weighted by molar-refractivity contribution is -0.131. The van der Waals surface area contributed by atoms with E-state index in [-0.39, 0.29) is 30.5 Å². The van der Waals surface area contributed by atoms with Crippen molar-refractivity contribution < 1.29 is 18.8 Å². The topological polar surface area (TPSA) is 63.2 Å². The van der Waals surface area contributed by atoms with E-state index in [4.69, 9.17) is 21.2 Å². The number of hydrogen-bond acceptors (Lipinski definition) is 6. The SMILES string of the molecule is CC1CN(c2ccc(CNC(=O)C3CC(c4ccc(Cl)s4)=NO3)cc2F)CC(C)O1. The standard InChI is InChI=1S/C21H23ClFN3O3S/c1-12-10-26(11-13(2)28-12)17-4-3-14(7-15(17)23)9-24-21(27)18-8-16(25-29-18)19-5-6-20(22)30-19/h3-7,12-13,18H,8-11H2,1-2H3,(H,24,27). The van der Waals surface area contributed by atoms with E-state index in [1.807, 2.05) is 30.9 Å². The van der Waals surface area contributed by atoms with E-state index in [0.29, 0.717) is 40.8 Å². The molecule has 2 aliphatic rings. The second kappa shape index (κ2) is 8.91. The number of nitrogens with zero attached hydrogens (tertiary/aromatic N) is 2. The summed E-state index contributed by atoms with van der Waals surface area (Å²) in [5.74, 6) is -0.586. The Kier molecular flexibility index (Phi) is 6.26. The van der Waals surface area contributed by atoms with Crippen LogP contribution in [0.25, 0.3) is 0 Å². The number of hydrogen-bond donors (Lipinski definition) is 1. The molecular formula is C21H23ClFN3O3S. The molecule has 1 amide bonds. The molecule has 3 atom stereocenters. The van der Waals surface area contributed by atoms with Crippen molar-refractivity contribution in [1.29, 1.82) is 0 Å². The fourth-order valence-corrected chi connectivity index (χ4v) is 4.76. The molecule has 1 fully saturated rings. The smallest absolute Gasteiger partial charge is 0.264 e. The Labute approximate surface area is 183 Å². The molecule has 0 saturated carbocycles. The maximum absolute atomic E-state index is 14.7. The molecule has 6 nitrogen and oxygen atoms in total. The summed E-state index contributed by atoms with van der Waals surface area (Å²) in [5, 5.41) is 6.80. The van der Waals surface area contributed by atoms with Crippen LogP contribution in [0, 0.1) is 5.82 Å². The molecule has 0 aliphatic carbocycles. The third-order valence-electron chi connectivity index (χ3n) is 5.06. The highest BCUT2D eigenvalue weighted by Gasteiger charge is 2.29. The Morgan fingerprint density at radius 3 is 2.73 bits per heavy atom. The van der Waals surface area contributed by atoms with Gasteiger partial charge in [0.15, 0.2) is 0 Å². The van der Waals surface area contributed by atoms with Crippen LogP contribution in [-0.4, -0.2) is 43.0 Å². The number of ether oxygens (including phenoxy) is 1.